The van der Waals surface area contributed by atoms with Crippen molar-refractivity contribution in [1.29, 1.82) is 0 Å². The zero-order valence-corrected chi connectivity index (χ0v) is 11.4. The predicted octanol–water partition coefficient (Wildman–Crippen LogP) is 4.69. The minimum Gasteiger partial charge on any atom is -0.384 e. The van der Waals surface area contributed by atoms with Crippen LogP contribution in [0.2, 0.25) is 5.02 Å². The third-order valence-electron chi connectivity index (χ3n) is 3.01. The number of benzene rings is 2. The van der Waals surface area contributed by atoms with Crippen LogP contribution in [0, 0.1) is 6.92 Å². The molecule has 0 aliphatic carbocycles. The fourth-order valence-electron chi connectivity index (χ4n) is 2.01. The van der Waals surface area contributed by atoms with Crippen molar-refractivity contribution in [3.8, 4) is 0 Å². The molecule has 0 aliphatic heterocycles. The molecule has 0 aromatic heterocycles. The van der Waals surface area contributed by atoms with Gasteiger partial charge in [-0.15, -0.1) is 0 Å². The molecule has 18 heavy (non-hydrogen) atoms. The highest BCUT2D eigenvalue weighted by molar-refractivity contribution is 6.33. The summed E-state index contributed by atoms with van der Waals surface area (Å²) in [6.07, 6.45) is 2.20. The van der Waals surface area contributed by atoms with Crippen LogP contribution >= 0.6 is 11.6 Å². The zero-order valence-electron chi connectivity index (χ0n) is 10.6. The molecule has 2 aromatic rings. The molecule has 2 rings (SSSR count). The summed E-state index contributed by atoms with van der Waals surface area (Å²) < 4.78 is 0. The van der Waals surface area contributed by atoms with E-state index in [1.807, 2.05) is 12.1 Å². The van der Waals surface area contributed by atoms with E-state index in [0.717, 1.165) is 30.1 Å². The molecule has 2 aromatic carbocycles. The van der Waals surface area contributed by atoms with Crippen LogP contribution in [0.25, 0.3) is 0 Å². The van der Waals surface area contributed by atoms with Gasteiger partial charge in [0, 0.05) is 6.54 Å². The molecule has 0 unspecified atom stereocenters. The molecule has 0 fully saturated rings. The largest absolute Gasteiger partial charge is 0.384 e. The van der Waals surface area contributed by atoms with E-state index in [9.17, 15) is 0 Å². The SMILES string of the molecule is Cc1cccc(Cl)c1NCCCc1ccccc1. The first kappa shape index (κ1) is 13.0. The Hall–Kier alpha value is -1.47. The van der Waals surface area contributed by atoms with Crippen molar-refractivity contribution >= 4 is 17.3 Å². The maximum atomic E-state index is 6.16. The van der Waals surface area contributed by atoms with E-state index in [1.54, 1.807) is 0 Å². The summed E-state index contributed by atoms with van der Waals surface area (Å²) in [6.45, 7) is 3.02. The lowest BCUT2D eigenvalue weighted by molar-refractivity contribution is 0.862. The van der Waals surface area contributed by atoms with E-state index in [2.05, 4.69) is 48.6 Å². The first-order valence-electron chi connectivity index (χ1n) is 6.30. The monoisotopic (exact) mass is 259 g/mol. The lowest BCUT2D eigenvalue weighted by Gasteiger charge is -2.11. The van der Waals surface area contributed by atoms with Gasteiger partial charge in [0.05, 0.1) is 10.7 Å². The molecule has 0 saturated carbocycles. The second-order valence-corrected chi connectivity index (χ2v) is 4.85. The number of anilines is 1. The van der Waals surface area contributed by atoms with E-state index in [1.165, 1.54) is 11.1 Å². The number of hydrogen-bond donors (Lipinski definition) is 1. The fraction of sp³-hybridized carbons (Fsp3) is 0.250. The number of nitrogens with one attached hydrogen (secondary N) is 1. The quantitative estimate of drug-likeness (QED) is 0.768. The van der Waals surface area contributed by atoms with Crippen LogP contribution in [-0.2, 0) is 6.42 Å². The van der Waals surface area contributed by atoms with Crippen LogP contribution in [-0.4, -0.2) is 6.54 Å². The maximum Gasteiger partial charge on any atom is 0.0640 e. The summed E-state index contributed by atoms with van der Waals surface area (Å²) in [5, 5.41) is 4.22. The van der Waals surface area contributed by atoms with Gasteiger partial charge in [0.25, 0.3) is 0 Å². The van der Waals surface area contributed by atoms with Crippen molar-refractivity contribution < 1.29 is 0 Å². The predicted molar refractivity (Wildman–Crippen MR) is 79.4 cm³/mol. The Bertz CT molecular complexity index is 473. The van der Waals surface area contributed by atoms with Gasteiger partial charge in [-0.1, -0.05) is 54.1 Å². The molecular weight excluding hydrogens is 242 g/mol. The minimum absolute atomic E-state index is 0.801. The van der Waals surface area contributed by atoms with Gasteiger partial charge in [0.1, 0.15) is 0 Å². The molecule has 0 radical (unpaired) electrons. The highest BCUT2D eigenvalue weighted by Crippen LogP contribution is 2.25. The molecule has 0 heterocycles. The minimum atomic E-state index is 0.801. The normalized spacial score (nSPS) is 10.3. The standard InChI is InChI=1S/C16H18ClN/c1-13-7-5-11-15(17)16(13)18-12-6-10-14-8-3-2-4-9-14/h2-5,7-9,11,18H,6,10,12H2,1H3. The Morgan fingerprint density at radius 2 is 1.78 bits per heavy atom. The van der Waals surface area contributed by atoms with Crippen LogP contribution in [0.3, 0.4) is 0 Å². The lowest BCUT2D eigenvalue weighted by Crippen LogP contribution is -2.04. The van der Waals surface area contributed by atoms with E-state index in [4.69, 9.17) is 11.6 Å². The zero-order chi connectivity index (χ0) is 12.8. The van der Waals surface area contributed by atoms with E-state index in [-0.39, 0.29) is 0 Å². The van der Waals surface area contributed by atoms with Gasteiger partial charge in [0.15, 0.2) is 0 Å². The smallest absolute Gasteiger partial charge is 0.0640 e. The van der Waals surface area contributed by atoms with E-state index < -0.39 is 0 Å². The number of rotatable bonds is 5. The molecule has 0 bridgehead atoms. The van der Waals surface area contributed by atoms with Crippen molar-refractivity contribution in [2.75, 3.05) is 11.9 Å². The summed E-state index contributed by atoms with van der Waals surface area (Å²) in [5.74, 6) is 0. The summed E-state index contributed by atoms with van der Waals surface area (Å²) in [5.41, 5.74) is 3.64. The lowest BCUT2D eigenvalue weighted by atomic mass is 10.1. The molecule has 0 amide bonds. The Kier molecular flexibility index (Phi) is 4.66. The fourth-order valence-corrected chi connectivity index (χ4v) is 2.29. The van der Waals surface area contributed by atoms with Crippen LogP contribution in [0.15, 0.2) is 48.5 Å². The second kappa shape index (κ2) is 6.46. The molecule has 0 saturated heterocycles. The summed E-state index contributed by atoms with van der Waals surface area (Å²) in [7, 11) is 0. The van der Waals surface area contributed by atoms with Gasteiger partial charge in [-0.25, -0.2) is 0 Å². The Balaban J connectivity index is 1.82. The van der Waals surface area contributed by atoms with Gasteiger partial charge in [-0.2, -0.15) is 0 Å². The third kappa shape index (κ3) is 3.51. The molecule has 0 atom stereocenters. The van der Waals surface area contributed by atoms with Gasteiger partial charge in [0.2, 0.25) is 0 Å². The summed E-state index contributed by atoms with van der Waals surface area (Å²) in [6, 6.07) is 16.5. The Labute approximate surface area is 114 Å². The van der Waals surface area contributed by atoms with Gasteiger partial charge in [-0.05, 0) is 37.0 Å². The number of para-hydroxylation sites is 1. The number of halogens is 1. The molecule has 1 nitrogen and oxygen atoms in total. The average Bonchev–Trinajstić information content (AvgIpc) is 2.38. The van der Waals surface area contributed by atoms with Crippen molar-refractivity contribution in [1.82, 2.24) is 0 Å². The van der Waals surface area contributed by atoms with Crippen LogP contribution in [0.5, 0.6) is 0 Å². The number of hydrogen-bond acceptors (Lipinski definition) is 1. The highest BCUT2D eigenvalue weighted by Gasteiger charge is 2.02. The molecule has 0 spiro atoms. The summed E-state index contributed by atoms with van der Waals surface area (Å²) >= 11 is 6.16. The maximum absolute atomic E-state index is 6.16. The van der Waals surface area contributed by atoms with Crippen molar-refractivity contribution in [3.05, 3.63) is 64.7 Å². The highest BCUT2D eigenvalue weighted by atomic mass is 35.5. The van der Waals surface area contributed by atoms with Crippen LogP contribution in [0.4, 0.5) is 5.69 Å². The Morgan fingerprint density at radius 3 is 2.50 bits per heavy atom. The topological polar surface area (TPSA) is 12.0 Å². The summed E-state index contributed by atoms with van der Waals surface area (Å²) in [4.78, 5) is 0. The van der Waals surface area contributed by atoms with Crippen LogP contribution < -0.4 is 5.32 Å². The van der Waals surface area contributed by atoms with E-state index >= 15 is 0 Å². The first-order valence-corrected chi connectivity index (χ1v) is 6.68. The average molecular weight is 260 g/mol. The van der Waals surface area contributed by atoms with Crippen molar-refractivity contribution in [2.45, 2.75) is 19.8 Å². The van der Waals surface area contributed by atoms with E-state index in [0.29, 0.717) is 0 Å². The number of aryl methyl sites for hydroxylation is 2. The molecule has 0 aliphatic rings. The second-order valence-electron chi connectivity index (χ2n) is 4.45. The molecular formula is C16H18ClN. The van der Waals surface area contributed by atoms with Gasteiger partial charge < -0.3 is 5.32 Å². The third-order valence-corrected chi connectivity index (χ3v) is 3.32. The molecule has 2 heteroatoms. The van der Waals surface area contributed by atoms with Crippen LogP contribution in [0.1, 0.15) is 17.5 Å². The first-order chi connectivity index (χ1) is 8.77. The van der Waals surface area contributed by atoms with Gasteiger partial charge >= 0.3 is 0 Å². The van der Waals surface area contributed by atoms with Crippen molar-refractivity contribution in [3.63, 3.8) is 0 Å². The van der Waals surface area contributed by atoms with Crippen molar-refractivity contribution in [2.24, 2.45) is 0 Å². The molecule has 1 N–H and O–H groups in total. The Morgan fingerprint density at radius 1 is 1.00 bits per heavy atom. The molecule has 94 valence electrons. The van der Waals surface area contributed by atoms with Gasteiger partial charge in [-0.3, -0.25) is 0 Å².